The van der Waals surface area contributed by atoms with E-state index in [9.17, 15) is 9.59 Å². The van der Waals surface area contributed by atoms with Gasteiger partial charge in [0.1, 0.15) is 0 Å². The molecule has 1 aliphatic carbocycles. The van der Waals surface area contributed by atoms with Crippen LogP contribution in [-0.4, -0.2) is 41.2 Å². The fraction of sp³-hybridized carbons (Fsp3) is 0.520. The maximum absolute atomic E-state index is 13.5. The van der Waals surface area contributed by atoms with E-state index in [-0.39, 0.29) is 30.3 Å². The smallest absolute Gasteiger partial charge is 0.242 e. The monoisotopic (exact) mass is 424 g/mol. The summed E-state index contributed by atoms with van der Waals surface area (Å²) in [4.78, 5) is 31.7. The Morgan fingerprint density at radius 1 is 1.17 bits per heavy atom. The fourth-order valence-corrected chi connectivity index (χ4v) is 5.44. The third-order valence-corrected chi connectivity index (χ3v) is 7.35. The summed E-state index contributed by atoms with van der Waals surface area (Å²) in [5, 5.41) is 2.13. The van der Waals surface area contributed by atoms with Crippen LogP contribution in [0.5, 0.6) is 0 Å². The van der Waals surface area contributed by atoms with Gasteiger partial charge in [-0.1, -0.05) is 50.1 Å². The van der Waals surface area contributed by atoms with Crippen molar-refractivity contribution in [2.24, 2.45) is 11.8 Å². The van der Waals surface area contributed by atoms with Crippen molar-refractivity contribution >= 4 is 23.2 Å². The Balaban J connectivity index is 1.59. The van der Waals surface area contributed by atoms with E-state index in [4.69, 9.17) is 0 Å². The summed E-state index contributed by atoms with van der Waals surface area (Å²) in [5.41, 5.74) is 3.60. The maximum atomic E-state index is 13.5. The number of carbonyl (C=O) groups is 2. The molecule has 0 spiro atoms. The summed E-state index contributed by atoms with van der Waals surface area (Å²) >= 11 is 1.78. The standard InChI is InChI=1S/C25H32N2O2S/c1-17(2)15-26(25(29)20-5-4-6-20)16-23(28)27-13-11-22-21(12-14-30-22)24(27)19-9-7-18(3)8-10-19/h7-10,12,14,17,20,24H,4-6,11,13,15-16H2,1-3H3/t24-/m1/s1. The number of amides is 2. The second-order valence-electron chi connectivity index (χ2n) is 9.19. The molecular formula is C25H32N2O2S. The third-order valence-electron chi connectivity index (χ3n) is 6.36. The first-order valence-electron chi connectivity index (χ1n) is 11.1. The quantitative estimate of drug-likeness (QED) is 0.667. The molecule has 4 rings (SSSR count). The molecule has 1 aromatic carbocycles. The highest BCUT2D eigenvalue weighted by Crippen LogP contribution is 2.38. The third kappa shape index (κ3) is 4.31. The van der Waals surface area contributed by atoms with Gasteiger partial charge in [-0.15, -0.1) is 11.3 Å². The fourth-order valence-electron chi connectivity index (χ4n) is 4.53. The Hall–Kier alpha value is -2.14. The van der Waals surface area contributed by atoms with Gasteiger partial charge in [-0.05, 0) is 54.7 Å². The summed E-state index contributed by atoms with van der Waals surface area (Å²) in [6.07, 6.45) is 3.95. The first-order valence-corrected chi connectivity index (χ1v) is 12.0. The molecule has 1 atom stereocenters. The Morgan fingerprint density at radius 2 is 1.90 bits per heavy atom. The number of aryl methyl sites for hydroxylation is 1. The lowest BCUT2D eigenvalue weighted by Crippen LogP contribution is -2.49. The zero-order valence-electron chi connectivity index (χ0n) is 18.3. The Morgan fingerprint density at radius 3 is 2.53 bits per heavy atom. The van der Waals surface area contributed by atoms with Crippen LogP contribution >= 0.6 is 11.3 Å². The van der Waals surface area contributed by atoms with E-state index in [1.54, 1.807) is 11.3 Å². The van der Waals surface area contributed by atoms with Crippen LogP contribution in [0.3, 0.4) is 0 Å². The molecule has 2 aromatic rings. The lowest BCUT2D eigenvalue weighted by atomic mass is 9.84. The van der Waals surface area contributed by atoms with Gasteiger partial charge in [0.25, 0.3) is 0 Å². The van der Waals surface area contributed by atoms with Crippen LogP contribution in [0.1, 0.15) is 60.7 Å². The van der Waals surface area contributed by atoms with E-state index in [1.165, 1.54) is 16.0 Å². The molecule has 0 saturated heterocycles. The van der Waals surface area contributed by atoms with Gasteiger partial charge in [0.2, 0.25) is 11.8 Å². The van der Waals surface area contributed by atoms with Crippen LogP contribution in [0.25, 0.3) is 0 Å². The van der Waals surface area contributed by atoms with Crippen molar-refractivity contribution < 1.29 is 9.59 Å². The lowest BCUT2D eigenvalue weighted by Gasteiger charge is -2.39. The topological polar surface area (TPSA) is 40.6 Å². The minimum atomic E-state index is -0.0622. The van der Waals surface area contributed by atoms with Crippen molar-refractivity contribution in [3.05, 3.63) is 57.3 Å². The summed E-state index contributed by atoms with van der Waals surface area (Å²) < 4.78 is 0. The van der Waals surface area contributed by atoms with Crippen molar-refractivity contribution in [3.8, 4) is 0 Å². The summed E-state index contributed by atoms with van der Waals surface area (Å²) in [5.74, 6) is 0.697. The highest BCUT2D eigenvalue weighted by molar-refractivity contribution is 7.10. The average molecular weight is 425 g/mol. The maximum Gasteiger partial charge on any atom is 0.242 e. The molecule has 4 nitrogen and oxygen atoms in total. The van der Waals surface area contributed by atoms with Crippen LogP contribution in [0, 0.1) is 18.8 Å². The van der Waals surface area contributed by atoms with Gasteiger partial charge in [0.15, 0.2) is 0 Å². The minimum Gasteiger partial charge on any atom is -0.333 e. The number of thiophene rings is 1. The molecule has 2 heterocycles. The summed E-state index contributed by atoms with van der Waals surface area (Å²) in [7, 11) is 0. The Bertz CT molecular complexity index is 898. The van der Waals surface area contributed by atoms with Crippen LogP contribution in [0.15, 0.2) is 35.7 Å². The second kappa shape index (κ2) is 8.93. The van der Waals surface area contributed by atoms with Gasteiger partial charge in [-0.25, -0.2) is 0 Å². The van der Waals surface area contributed by atoms with Crippen LogP contribution < -0.4 is 0 Å². The average Bonchev–Trinajstić information content (AvgIpc) is 3.14. The predicted molar refractivity (Wildman–Crippen MR) is 122 cm³/mol. The molecule has 1 saturated carbocycles. The molecule has 1 aromatic heterocycles. The van der Waals surface area contributed by atoms with E-state index in [0.717, 1.165) is 31.2 Å². The molecule has 1 fully saturated rings. The van der Waals surface area contributed by atoms with E-state index < -0.39 is 0 Å². The van der Waals surface area contributed by atoms with Crippen molar-refractivity contribution in [2.45, 2.75) is 52.5 Å². The molecule has 0 bridgehead atoms. The van der Waals surface area contributed by atoms with Gasteiger partial charge in [0.05, 0.1) is 12.6 Å². The SMILES string of the molecule is Cc1ccc([C@@H]2c3ccsc3CCN2C(=O)CN(CC(C)C)C(=O)C2CCC2)cc1. The van der Waals surface area contributed by atoms with E-state index in [0.29, 0.717) is 19.0 Å². The highest BCUT2D eigenvalue weighted by atomic mass is 32.1. The molecule has 5 heteroatoms. The van der Waals surface area contributed by atoms with Crippen LogP contribution in [0.2, 0.25) is 0 Å². The van der Waals surface area contributed by atoms with Gasteiger partial charge < -0.3 is 9.80 Å². The van der Waals surface area contributed by atoms with Gasteiger partial charge in [-0.3, -0.25) is 9.59 Å². The minimum absolute atomic E-state index is 0.0609. The number of rotatable bonds is 6. The normalized spacial score (nSPS) is 18.8. The van der Waals surface area contributed by atoms with Gasteiger partial charge in [0, 0.05) is 23.9 Å². The zero-order valence-corrected chi connectivity index (χ0v) is 19.1. The number of hydrogen-bond acceptors (Lipinski definition) is 3. The molecule has 0 unspecified atom stereocenters. The van der Waals surface area contributed by atoms with E-state index in [2.05, 4.69) is 56.5 Å². The van der Waals surface area contributed by atoms with Crippen molar-refractivity contribution in [2.75, 3.05) is 19.6 Å². The van der Waals surface area contributed by atoms with Crippen molar-refractivity contribution in [1.29, 1.82) is 0 Å². The number of fused-ring (bicyclic) bond motifs is 1. The molecule has 160 valence electrons. The molecule has 2 aliphatic rings. The van der Waals surface area contributed by atoms with E-state index >= 15 is 0 Å². The van der Waals surface area contributed by atoms with Crippen molar-refractivity contribution in [1.82, 2.24) is 9.80 Å². The Labute approximate surface area is 183 Å². The number of benzene rings is 1. The zero-order chi connectivity index (χ0) is 21.3. The molecule has 0 radical (unpaired) electrons. The molecule has 2 amide bonds. The lowest BCUT2D eigenvalue weighted by molar-refractivity contribution is -0.146. The first kappa shape index (κ1) is 21.1. The van der Waals surface area contributed by atoms with Crippen molar-refractivity contribution in [3.63, 3.8) is 0 Å². The van der Waals surface area contributed by atoms with Crippen LogP contribution in [-0.2, 0) is 16.0 Å². The van der Waals surface area contributed by atoms with Gasteiger partial charge in [-0.2, -0.15) is 0 Å². The highest BCUT2D eigenvalue weighted by Gasteiger charge is 2.36. The summed E-state index contributed by atoms with van der Waals surface area (Å²) in [6.45, 7) is 7.85. The molecule has 1 aliphatic heterocycles. The number of nitrogens with zero attached hydrogens (tertiary/aromatic N) is 2. The Kier molecular flexibility index (Phi) is 6.28. The predicted octanol–water partition coefficient (Wildman–Crippen LogP) is 4.82. The number of hydrogen-bond donors (Lipinski definition) is 0. The largest absolute Gasteiger partial charge is 0.333 e. The van der Waals surface area contributed by atoms with Gasteiger partial charge >= 0.3 is 0 Å². The second-order valence-corrected chi connectivity index (χ2v) is 10.2. The summed E-state index contributed by atoms with van der Waals surface area (Å²) in [6, 6.07) is 10.6. The van der Waals surface area contributed by atoms with Crippen LogP contribution in [0.4, 0.5) is 0 Å². The molecule has 30 heavy (non-hydrogen) atoms. The van der Waals surface area contributed by atoms with E-state index in [1.807, 2.05) is 9.80 Å². The molecule has 0 N–H and O–H groups in total. The number of carbonyl (C=O) groups excluding carboxylic acids is 2. The molecular weight excluding hydrogens is 392 g/mol. The first-order chi connectivity index (χ1) is 14.4.